The fraction of sp³-hybridized carbons (Fsp3) is 0.417. The second kappa shape index (κ2) is 18.2. The molecule has 61 heavy (non-hydrogen) atoms. The van der Waals surface area contributed by atoms with Gasteiger partial charge in [0.1, 0.15) is 11.5 Å². The summed E-state index contributed by atoms with van der Waals surface area (Å²) in [5, 5.41) is 12.1. The number of ether oxygens (including phenoxy) is 2. The number of nitrogens with one attached hydrogen (secondary N) is 3. The van der Waals surface area contributed by atoms with Crippen molar-refractivity contribution in [3.63, 3.8) is 0 Å². The number of anilines is 2. The quantitative estimate of drug-likeness (QED) is 0.106. The zero-order chi connectivity index (χ0) is 42.7. The molecule has 0 unspecified atom stereocenters. The van der Waals surface area contributed by atoms with Crippen molar-refractivity contribution in [3.8, 4) is 11.5 Å². The van der Waals surface area contributed by atoms with Crippen molar-refractivity contribution in [2.45, 2.75) is 76.7 Å². The summed E-state index contributed by atoms with van der Waals surface area (Å²) in [6.45, 7) is 11.6. The van der Waals surface area contributed by atoms with E-state index in [1.54, 1.807) is 31.5 Å². The van der Waals surface area contributed by atoms with E-state index in [0.717, 1.165) is 117 Å². The Balaban J connectivity index is 0.978. The van der Waals surface area contributed by atoms with E-state index < -0.39 is 15.9 Å². The van der Waals surface area contributed by atoms with Crippen LogP contribution in [0.2, 0.25) is 5.02 Å². The molecule has 3 aliphatic rings. The average molecular weight is 866 g/mol. The molecule has 11 nitrogen and oxygen atoms in total. The molecule has 5 aromatic rings. The summed E-state index contributed by atoms with van der Waals surface area (Å²) >= 11 is 6.26. The smallest absolute Gasteiger partial charge is 0.268 e. The predicted molar refractivity (Wildman–Crippen MR) is 244 cm³/mol. The van der Waals surface area contributed by atoms with Crippen molar-refractivity contribution in [3.05, 3.63) is 112 Å². The van der Waals surface area contributed by atoms with E-state index in [1.165, 1.54) is 22.8 Å². The molecule has 2 aliphatic carbocycles. The number of methoxy groups -OCH3 is 1. The largest absolute Gasteiger partial charge is 0.456 e. The van der Waals surface area contributed by atoms with Gasteiger partial charge in [0, 0.05) is 68.8 Å². The van der Waals surface area contributed by atoms with E-state index in [0.29, 0.717) is 17.8 Å². The molecule has 1 amide bonds. The fourth-order valence-corrected chi connectivity index (χ4v) is 10.3. The number of rotatable bonds is 13. The van der Waals surface area contributed by atoms with Gasteiger partial charge in [-0.3, -0.25) is 14.8 Å². The van der Waals surface area contributed by atoms with Crippen LogP contribution >= 0.6 is 11.6 Å². The second-order valence-electron chi connectivity index (χ2n) is 17.7. The molecule has 13 heteroatoms. The first-order valence-electron chi connectivity index (χ1n) is 21.5. The number of allylic oxidation sites excluding steroid dienone is 1. The molecular weight excluding hydrogens is 808 g/mol. The highest BCUT2D eigenvalue weighted by Crippen LogP contribution is 2.43. The number of nitrogens with zero attached hydrogens (tertiary/aromatic N) is 3. The Bertz CT molecular complexity index is 2500. The van der Waals surface area contributed by atoms with Crippen LogP contribution < -0.4 is 19.7 Å². The third-order valence-corrected chi connectivity index (χ3v) is 14.4. The normalized spacial score (nSPS) is 19.9. The second-order valence-corrected chi connectivity index (χ2v) is 19.9. The zero-order valence-corrected chi connectivity index (χ0v) is 37.2. The van der Waals surface area contributed by atoms with Gasteiger partial charge in [0.2, 0.25) is 0 Å². The van der Waals surface area contributed by atoms with E-state index in [4.69, 9.17) is 21.1 Å². The summed E-state index contributed by atoms with van der Waals surface area (Å²) in [6.07, 6.45) is 9.58. The number of aromatic amines is 1. The number of fused-ring (bicyclic) bond motifs is 1. The summed E-state index contributed by atoms with van der Waals surface area (Å²) in [5.74, 6) is 0.501. The molecule has 4 aromatic carbocycles. The van der Waals surface area contributed by atoms with Gasteiger partial charge >= 0.3 is 0 Å². The lowest BCUT2D eigenvalue weighted by molar-refractivity contribution is 0.0585. The van der Waals surface area contributed by atoms with Crippen molar-refractivity contribution in [1.82, 2.24) is 19.8 Å². The molecule has 0 spiro atoms. The summed E-state index contributed by atoms with van der Waals surface area (Å²) in [6, 6.07) is 24.1. The number of amides is 1. The Hall–Kier alpha value is -4.88. The van der Waals surface area contributed by atoms with Gasteiger partial charge in [0.05, 0.1) is 33.7 Å². The molecular formula is C48H57ClN6O5S. The highest BCUT2D eigenvalue weighted by molar-refractivity contribution is 7.90. The van der Waals surface area contributed by atoms with Gasteiger partial charge in [-0.05, 0) is 134 Å². The maximum absolute atomic E-state index is 14.0. The van der Waals surface area contributed by atoms with Crippen LogP contribution in [0, 0.1) is 18.3 Å². The number of carbonyl (C=O) groups is 1. The van der Waals surface area contributed by atoms with Crippen molar-refractivity contribution < 1.29 is 22.7 Å². The SMILES string of the molecule is COC1CCC(CNc2ccc(S(=O)(=O)NC(=O)c3ccc(N4CCN(CC5=C(c6ccc(Cl)cc6)CC(C)(C)CC5)CC4)cc3Oc3cccc4[nH]ncc34)cc2C)CC1. The third-order valence-electron chi connectivity index (χ3n) is 12.8. The minimum absolute atomic E-state index is 0.0117. The van der Waals surface area contributed by atoms with Crippen LogP contribution in [0.25, 0.3) is 16.5 Å². The number of piperazine rings is 1. The van der Waals surface area contributed by atoms with Crippen molar-refractivity contribution in [2.75, 3.05) is 56.6 Å². The highest BCUT2D eigenvalue weighted by atomic mass is 35.5. The molecule has 1 aliphatic heterocycles. The molecule has 3 N–H and O–H groups in total. The Morgan fingerprint density at radius 2 is 1.72 bits per heavy atom. The molecule has 1 saturated carbocycles. The minimum Gasteiger partial charge on any atom is -0.456 e. The highest BCUT2D eigenvalue weighted by Gasteiger charge is 2.30. The lowest BCUT2D eigenvalue weighted by atomic mass is 9.72. The number of aryl methyl sites for hydroxylation is 1. The van der Waals surface area contributed by atoms with Gasteiger partial charge in [-0.15, -0.1) is 0 Å². The maximum Gasteiger partial charge on any atom is 0.268 e. The summed E-state index contributed by atoms with van der Waals surface area (Å²) in [7, 11) is -2.45. The fourth-order valence-electron chi connectivity index (χ4n) is 9.09. The van der Waals surface area contributed by atoms with Crippen LogP contribution in [-0.4, -0.2) is 81.9 Å². The first-order valence-corrected chi connectivity index (χ1v) is 23.3. The number of aromatic nitrogens is 2. The van der Waals surface area contributed by atoms with Crippen molar-refractivity contribution in [2.24, 2.45) is 11.3 Å². The van der Waals surface area contributed by atoms with Gasteiger partial charge in [0.25, 0.3) is 15.9 Å². The Morgan fingerprint density at radius 1 is 0.951 bits per heavy atom. The first-order chi connectivity index (χ1) is 29.3. The van der Waals surface area contributed by atoms with Crippen LogP contribution in [0.15, 0.2) is 95.5 Å². The average Bonchev–Trinajstić information content (AvgIpc) is 3.75. The van der Waals surface area contributed by atoms with E-state index >= 15 is 0 Å². The molecule has 2 heterocycles. The van der Waals surface area contributed by atoms with E-state index in [-0.39, 0.29) is 21.6 Å². The minimum atomic E-state index is -4.22. The van der Waals surface area contributed by atoms with Gasteiger partial charge in [-0.25, -0.2) is 13.1 Å². The van der Waals surface area contributed by atoms with Crippen molar-refractivity contribution in [1.29, 1.82) is 0 Å². The molecule has 322 valence electrons. The summed E-state index contributed by atoms with van der Waals surface area (Å²) in [5.41, 5.74) is 7.88. The molecule has 8 rings (SSSR count). The Labute approximate surface area is 364 Å². The lowest BCUT2D eigenvalue weighted by Gasteiger charge is -2.39. The van der Waals surface area contributed by atoms with Gasteiger partial charge < -0.3 is 19.7 Å². The standard InChI is InChI=1S/C48H57ClN6O5S/c1-32-26-39(17-19-43(32)50-29-33-8-15-38(59-4)16-9-33)61(57,58)53-47(56)40-18-14-37(27-46(40)60-45-7-5-6-44-42(45)30-51-52-44)55-24-22-54(23-25-55)31-35-20-21-48(2,3)28-41(35)34-10-12-36(49)13-11-34/h5-7,10-14,17-19,26-27,30,33,38,50H,8-9,15-16,20-25,28-29,31H2,1-4H3,(H,51,52)(H,53,56). The molecule has 0 radical (unpaired) electrons. The van der Waals surface area contributed by atoms with Crippen LogP contribution in [-0.2, 0) is 14.8 Å². The number of halogens is 1. The first kappa shape index (κ1) is 42.8. The lowest BCUT2D eigenvalue weighted by Crippen LogP contribution is -2.47. The van der Waals surface area contributed by atoms with Gasteiger partial charge in [-0.2, -0.15) is 5.10 Å². The number of hydrogen-bond acceptors (Lipinski definition) is 9. The van der Waals surface area contributed by atoms with Gasteiger partial charge in [-0.1, -0.05) is 49.2 Å². The van der Waals surface area contributed by atoms with E-state index in [1.807, 2.05) is 49.4 Å². The maximum atomic E-state index is 14.0. The molecule has 0 atom stereocenters. The predicted octanol–water partition coefficient (Wildman–Crippen LogP) is 9.84. The van der Waals surface area contributed by atoms with Crippen LogP contribution in [0.4, 0.5) is 11.4 Å². The van der Waals surface area contributed by atoms with Crippen LogP contribution in [0.3, 0.4) is 0 Å². The zero-order valence-electron chi connectivity index (χ0n) is 35.6. The number of hydrogen-bond donors (Lipinski definition) is 3. The number of H-pyrrole nitrogens is 1. The van der Waals surface area contributed by atoms with E-state index in [9.17, 15) is 13.2 Å². The van der Waals surface area contributed by atoms with Crippen molar-refractivity contribution >= 4 is 55.4 Å². The Morgan fingerprint density at radius 3 is 2.46 bits per heavy atom. The van der Waals surface area contributed by atoms with Crippen LogP contribution in [0.5, 0.6) is 11.5 Å². The molecule has 0 bridgehead atoms. The molecule has 2 fully saturated rings. The van der Waals surface area contributed by atoms with Gasteiger partial charge in [0.15, 0.2) is 0 Å². The topological polar surface area (TPSA) is 129 Å². The summed E-state index contributed by atoms with van der Waals surface area (Å²) in [4.78, 5) is 18.8. The van der Waals surface area contributed by atoms with Crippen LogP contribution in [0.1, 0.15) is 80.3 Å². The number of sulfonamides is 1. The van der Waals surface area contributed by atoms with E-state index in [2.05, 4.69) is 56.0 Å². The summed E-state index contributed by atoms with van der Waals surface area (Å²) < 4.78 is 41.8. The monoisotopic (exact) mass is 864 g/mol. The number of carbonyl (C=O) groups excluding carboxylic acids is 1. The Kier molecular flexibility index (Phi) is 12.8. The molecule has 1 aromatic heterocycles. The molecule has 1 saturated heterocycles. The third kappa shape index (κ3) is 10.1. The number of benzene rings is 4.